The summed E-state index contributed by atoms with van der Waals surface area (Å²) in [4.78, 5) is 29.4. The van der Waals surface area contributed by atoms with Crippen LogP contribution in [0.5, 0.6) is 17.2 Å². The first-order chi connectivity index (χ1) is 15.4. The smallest absolute Gasteiger partial charge is 0.305 e. The van der Waals surface area contributed by atoms with Crippen LogP contribution in [0.2, 0.25) is 0 Å². The molecule has 168 valence electrons. The molecule has 1 aliphatic rings. The van der Waals surface area contributed by atoms with Gasteiger partial charge in [0.1, 0.15) is 5.75 Å². The lowest BCUT2D eigenvalue weighted by molar-refractivity contribution is -0.120. The second-order valence-corrected chi connectivity index (χ2v) is 9.77. The number of anilines is 1. The first-order valence-corrected chi connectivity index (χ1v) is 11.7. The number of rotatable bonds is 6. The van der Waals surface area contributed by atoms with Gasteiger partial charge < -0.3 is 24.5 Å². The molecule has 0 fully saturated rings. The number of hydrogen-bond donors (Lipinski definition) is 2. The van der Waals surface area contributed by atoms with E-state index in [4.69, 9.17) is 14.2 Å². The highest BCUT2D eigenvalue weighted by Crippen LogP contribution is 2.50. The van der Waals surface area contributed by atoms with Gasteiger partial charge in [0.05, 0.1) is 32.3 Å². The number of thiazole rings is 1. The predicted molar refractivity (Wildman–Crippen MR) is 127 cm³/mol. The molecule has 0 unspecified atom stereocenters. The largest absolute Gasteiger partial charge is 0.497 e. The van der Waals surface area contributed by atoms with Gasteiger partial charge in [-0.15, -0.1) is 11.8 Å². The highest BCUT2D eigenvalue weighted by atomic mass is 32.2. The van der Waals surface area contributed by atoms with Crippen molar-refractivity contribution in [1.82, 2.24) is 4.98 Å². The van der Waals surface area contributed by atoms with Gasteiger partial charge in [-0.1, -0.05) is 24.3 Å². The van der Waals surface area contributed by atoms with E-state index in [9.17, 15) is 9.59 Å². The number of amides is 1. The van der Waals surface area contributed by atoms with Gasteiger partial charge in [-0.05, 0) is 42.0 Å². The van der Waals surface area contributed by atoms with E-state index in [1.807, 2.05) is 37.3 Å². The van der Waals surface area contributed by atoms with E-state index in [1.165, 1.54) is 11.8 Å². The Morgan fingerprint density at radius 3 is 2.38 bits per heavy atom. The Morgan fingerprint density at radius 1 is 1.00 bits per heavy atom. The molecular formula is C23H24N2O5S2. The molecule has 0 aliphatic carbocycles. The summed E-state index contributed by atoms with van der Waals surface area (Å²) in [6.45, 7) is 2.01. The van der Waals surface area contributed by atoms with Crippen molar-refractivity contribution in [2.45, 2.75) is 23.1 Å². The lowest BCUT2D eigenvalue weighted by atomic mass is 9.81. The Bertz CT molecular complexity index is 1170. The lowest BCUT2D eigenvalue weighted by Gasteiger charge is -2.35. The molecule has 0 bridgehead atoms. The van der Waals surface area contributed by atoms with Gasteiger partial charge >= 0.3 is 4.87 Å². The summed E-state index contributed by atoms with van der Waals surface area (Å²) in [6.07, 6.45) is 0. The molecule has 0 saturated carbocycles. The summed E-state index contributed by atoms with van der Waals surface area (Å²) >= 11 is 2.67. The van der Waals surface area contributed by atoms with Crippen LogP contribution in [-0.4, -0.2) is 37.5 Å². The third-order valence-electron chi connectivity index (χ3n) is 5.52. The normalized spacial score (nSPS) is 19.7. The lowest BCUT2D eigenvalue weighted by Crippen LogP contribution is -2.37. The molecule has 0 radical (unpaired) electrons. The van der Waals surface area contributed by atoms with Gasteiger partial charge in [0.25, 0.3) is 0 Å². The molecule has 32 heavy (non-hydrogen) atoms. The van der Waals surface area contributed by atoms with E-state index < -0.39 is 5.92 Å². The van der Waals surface area contributed by atoms with Crippen LogP contribution in [0.3, 0.4) is 0 Å². The maximum absolute atomic E-state index is 13.5. The summed E-state index contributed by atoms with van der Waals surface area (Å²) in [6, 6.07) is 12.9. The second-order valence-electron chi connectivity index (χ2n) is 7.37. The zero-order chi connectivity index (χ0) is 22.8. The molecule has 1 aliphatic heterocycles. The molecule has 1 amide bonds. The van der Waals surface area contributed by atoms with E-state index in [0.717, 1.165) is 32.6 Å². The van der Waals surface area contributed by atoms with Gasteiger partial charge in [-0.2, -0.15) is 0 Å². The minimum Gasteiger partial charge on any atom is -0.497 e. The van der Waals surface area contributed by atoms with E-state index in [1.54, 1.807) is 33.5 Å². The zero-order valence-corrected chi connectivity index (χ0v) is 19.8. The van der Waals surface area contributed by atoms with Crippen molar-refractivity contribution in [2.75, 3.05) is 26.6 Å². The van der Waals surface area contributed by atoms with Gasteiger partial charge in [0.15, 0.2) is 11.5 Å². The van der Waals surface area contributed by atoms with Crippen LogP contribution in [0, 0.1) is 5.92 Å². The van der Waals surface area contributed by atoms with Crippen LogP contribution >= 0.6 is 23.1 Å². The van der Waals surface area contributed by atoms with Gasteiger partial charge in [0.2, 0.25) is 5.91 Å². The number of ether oxygens (including phenoxy) is 3. The van der Waals surface area contributed by atoms with Crippen LogP contribution in [-0.2, 0) is 4.79 Å². The average molecular weight is 473 g/mol. The number of carbonyl (C=O) groups excluding carboxylic acids is 1. The number of benzene rings is 2. The molecule has 0 spiro atoms. The minimum atomic E-state index is -0.404. The highest BCUT2D eigenvalue weighted by molar-refractivity contribution is 8.00. The predicted octanol–water partition coefficient (Wildman–Crippen LogP) is 4.34. The summed E-state index contributed by atoms with van der Waals surface area (Å²) in [7, 11) is 4.76. The third kappa shape index (κ3) is 4.22. The fourth-order valence-corrected chi connectivity index (χ4v) is 6.42. The zero-order valence-electron chi connectivity index (χ0n) is 18.1. The van der Waals surface area contributed by atoms with Gasteiger partial charge in [-0.3, -0.25) is 9.59 Å². The van der Waals surface area contributed by atoms with Gasteiger partial charge in [0, 0.05) is 21.7 Å². The molecule has 1 aromatic heterocycles. The van der Waals surface area contributed by atoms with Crippen molar-refractivity contribution >= 4 is 34.7 Å². The van der Waals surface area contributed by atoms with Crippen molar-refractivity contribution in [2.24, 2.45) is 5.92 Å². The molecular weight excluding hydrogens is 448 g/mol. The summed E-state index contributed by atoms with van der Waals surface area (Å²) < 4.78 is 16.1. The van der Waals surface area contributed by atoms with E-state index in [2.05, 4.69) is 10.3 Å². The summed E-state index contributed by atoms with van der Waals surface area (Å²) in [5.74, 6) is 1.09. The number of fused-ring (bicyclic) bond motifs is 1. The molecule has 7 nitrogen and oxygen atoms in total. The topological polar surface area (TPSA) is 89.7 Å². The Balaban J connectivity index is 1.75. The number of hydrogen-bond acceptors (Lipinski definition) is 7. The SMILES string of the molecule is COc1ccc(NC(=O)[C@H]2[C@H](c3ccc(OC)c(OC)c3)c3sc(=O)[nH]c3S[C@@H]2C)cc1. The Morgan fingerprint density at radius 2 is 1.72 bits per heavy atom. The Hall–Kier alpha value is -2.91. The van der Waals surface area contributed by atoms with Crippen LogP contribution in [0.15, 0.2) is 52.3 Å². The first kappa shape index (κ1) is 22.3. The number of aromatic amines is 1. The molecule has 2 aromatic carbocycles. The quantitative estimate of drug-likeness (QED) is 0.555. The Kier molecular flexibility index (Phi) is 6.48. The molecule has 3 aromatic rings. The van der Waals surface area contributed by atoms with Crippen LogP contribution < -0.4 is 24.4 Å². The van der Waals surface area contributed by atoms with E-state index in [-0.39, 0.29) is 21.9 Å². The van der Waals surface area contributed by atoms with Crippen molar-refractivity contribution in [3.8, 4) is 17.2 Å². The monoisotopic (exact) mass is 472 g/mol. The number of H-pyrrole nitrogens is 1. The third-order valence-corrected chi connectivity index (χ3v) is 7.84. The van der Waals surface area contributed by atoms with Crippen molar-refractivity contribution in [3.05, 3.63) is 62.6 Å². The van der Waals surface area contributed by atoms with Gasteiger partial charge in [-0.25, -0.2) is 0 Å². The molecule has 3 atom stereocenters. The molecule has 2 heterocycles. The molecule has 0 saturated heterocycles. The fraction of sp³-hybridized carbons (Fsp3) is 0.304. The van der Waals surface area contributed by atoms with E-state index >= 15 is 0 Å². The van der Waals surface area contributed by atoms with Crippen LogP contribution in [0.1, 0.15) is 23.3 Å². The second kappa shape index (κ2) is 9.30. The molecule has 4 rings (SSSR count). The number of nitrogens with one attached hydrogen (secondary N) is 2. The Labute approximate surface area is 194 Å². The maximum Gasteiger partial charge on any atom is 0.305 e. The standard InChI is InChI=1S/C23H24N2O5S2/c1-12-18(21(26)24-14-6-8-15(28-2)9-7-14)19(20-22(31-12)25-23(27)32-20)13-5-10-16(29-3)17(11-13)30-4/h5-12,18-19H,1-4H3,(H,24,26)(H,25,27)/t12-,18-,19+/m1/s1. The number of aromatic nitrogens is 1. The number of methoxy groups -OCH3 is 3. The van der Waals surface area contributed by atoms with Crippen molar-refractivity contribution < 1.29 is 19.0 Å². The fourth-order valence-electron chi connectivity index (χ4n) is 3.98. The maximum atomic E-state index is 13.5. The molecule has 9 heteroatoms. The molecule has 2 N–H and O–H groups in total. The minimum absolute atomic E-state index is 0.0657. The van der Waals surface area contributed by atoms with Crippen LogP contribution in [0.4, 0.5) is 5.69 Å². The van der Waals surface area contributed by atoms with Crippen LogP contribution in [0.25, 0.3) is 0 Å². The van der Waals surface area contributed by atoms with Crippen molar-refractivity contribution in [3.63, 3.8) is 0 Å². The highest BCUT2D eigenvalue weighted by Gasteiger charge is 2.42. The average Bonchev–Trinajstić information content (AvgIpc) is 3.17. The first-order valence-electron chi connectivity index (χ1n) is 10.0. The summed E-state index contributed by atoms with van der Waals surface area (Å²) in [5.41, 5.74) is 1.58. The van der Waals surface area contributed by atoms with Crippen molar-refractivity contribution in [1.29, 1.82) is 0 Å². The van der Waals surface area contributed by atoms with E-state index in [0.29, 0.717) is 17.2 Å². The number of carbonyl (C=O) groups is 1. The summed E-state index contributed by atoms with van der Waals surface area (Å²) in [5, 5.41) is 3.79. The number of thioether (sulfide) groups is 1.